The molecule has 0 atom stereocenters. The molecule has 0 aliphatic rings. The van der Waals surface area contributed by atoms with E-state index >= 15 is 0 Å². The van der Waals surface area contributed by atoms with E-state index in [1.54, 1.807) is 0 Å². The minimum Gasteiger partial charge on any atom is -0.345 e. The average Bonchev–Trinajstić information content (AvgIpc) is 2.45. The number of hydrogen-bond donors (Lipinski definition) is 2. The predicted octanol–water partition coefficient (Wildman–Crippen LogP) is 3.12. The number of unbranched alkanes of at least 4 members (excludes halogenated alkanes) is 3. The topological polar surface area (TPSA) is 67.2 Å². The molecule has 0 heterocycles. The van der Waals surface area contributed by atoms with Crippen molar-refractivity contribution in [1.82, 2.24) is 10.6 Å². The molecule has 0 spiro atoms. The standard InChI is InChI=1S/C14H26N4O2S2/c1-11(2)17-19-13(21)15-9-7-5-6-8-10-16-14(22)20-18-12(3)4/h5-10H2,1-4H3,(H,15,21)(H,16,22). The van der Waals surface area contributed by atoms with E-state index in [-0.39, 0.29) is 0 Å². The molecular formula is C14H26N4O2S2. The van der Waals surface area contributed by atoms with Gasteiger partial charge in [0.05, 0.1) is 11.4 Å². The number of nitrogens with one attached hydrogen (secondary N) is 2. The number of rotatable bonds is 9. The Labute approximate surface area is 143 Å². The largest absolute Gasteiger partial charge is 0.345 e. The lowest BCUT2D eigenvalue weighted by molar-refractivity contribution is 0.318. The molecule has 0 saturated heterocycles. The lowest BCUT2D eigenvalue weighted by atomic mass is 10.2. The quantitative estimate of drug-likeness (QED) is 0.289. The van der Waals surface area contributed by atoms with Gasteiger partial charge in [0.25, 0.3) is 10.3 Å². The Hall–Kier alpha value is -1.28. The van der Waals surface area contributed by atoms with E-state index in [1.807, 2.05) is 27.7 Å². The van der Waals surface area contributed by atoms with Crippen molar-refractivity contribution in [3.63, 3.8) is 0 Å². The fourth-order valence-corrected chi connectivity index (χ4v) is 1.59. The van der Waals surface area contributed by atoms with Crippen molar-refractivity contribution < 1.29 is 9.68 Å². The molecular weight excluding hydrogens is 320 g/mol. The predicted molar refractivity (Wildman–Crippen MR) is 99.4 cm³/mol. The van der Waals surface area contributed by atoms with E-state index in [2.05, 4.69) is 20.9 Å². The Bertz CT molecular complexity index is 366. The molecule has 0 aromatic rings. The second kappa shape index (κ2) is 13.4. The maximum atomic E-state index is 4.97. The summed E-state index contributed by atoms with van der Waals surface area (Å²) in [6.07, 6.45) is 4.26. The molecule has 22 heavy (non-hydrogen) atoms. The van der Waals surface area contributed by atoms with Gasteiger partial charge in [0.15, 0.2) is 0 Å². The first-order valence-corrected chi connectivity index (χ1v) is 8.15. The Kier molecular flexibility index (Phi) is 12.6. The van der Waals surface area contributed by atoms with Crippen molar-refractivity contribution in [2.45, 2.75) is 53.4 Å². The zero-order chi connectivity index (χ0) is 16.8. The van der Waals surface area contributed by atoms with Crippen molar-refractivity contribution in [2.24, 2.45) is 10.3 Å². The average molecular weight is 347 g/mol. The fourth-order valence-electron chi connectivity index (χ4n) is 1.31. The van der Waals surface area contributed by atoms with E-state index in [0.29, 0.717) is 10.3 Å². The second-order valence-electron chi connectivity index (χ2n) is 5.10. The van der Waals surface area contributed by atoms with E-state index < -0.39 is 0 Å². The molecule has 0 aromatic carbocycles. The van der Waals surface area contributed by atoms with Gasteiger partial charge < -0.3 is 20.3 Å². The number of oxime groups is 2. The van der Waals surface area contributed by atoms with Crippen LogP contribution in [0.25, 0.3) is 0 Å². The van der Waals surface area contributed by atoms with Gasteiger partial charge in [-0.25, -0.2) is 0 Å². The number of hydrogen-bond acceptors (Lipinski definition) is 6. The molecule has 0 fully saturated rings. The highest BCUT2D eigenvalue weighted by molar-refractivity contribution is 7.80. The minimum absolute atomic E-state index is 0.317. The first-order chi connectivity index (χ1) is 10.4. The lowest BCUT2D eigenvalue weighted by Gasteiger charge is -2.07. The Balaban J connectivity index is 3.40. The normalized spacial score (nSPS) is 9.45. The molecule has 0 saturated carbocycles. The highest BCUT2D eigenvalue weighted by atomic mass is 32.1. The van der Waals surface area contributed by atoms with E-state index in [9.17, 15) is 0 Å². The van der Waals surface area contributed by atoms with E-state index in [4.69, 9.17) is 34.1 Å². The van der Waals surface area contributed by atoms with E-state index in [0.717, 1.165) is 50.2 Å². The number of thiocarbonyl (C=S) groups is 2. The van der Waals surface area contributed by atoms with Crippen molar-refractivity contribution in [2.75, 3.05) is 13.1 Å². The summed E-state index contributed by atoms with van der Waals surface area (Å²) in [6.45, 7) is 8.98. The molecule has 0 aromatic heterocycles. The summed E-state index contributed by atoms with van der Waals surface area (Å²) < 4.78 is 0. The minimum atomic E-state index is 0.317. The summed E-state index contributed by atoms with van der Waals surface area (Å²) in [5, 5.41) is 14.2. The maximum Gasteiger partial charge on any atom is 0.289 e. The van der Waals surface area contributed by atoms with Crippen LogP contribution >= 0.6 is 24.4 Å². The molecule has 0 rings (SSSR count). The third-order valence-corrected chi connectivity index (χ3v) is 2.70. The first-order valence-electron chi connectivity index (χ1n) is 7.34. The zero-order valence-corrected chi connectivity index (χ0v) is 15.4. The highest BCUT2D eigenvalue weighted by Crippen LogP contribution is 1.98. The van der Waals surface area contributed by atoms with Crippen LogP contribution < -0.4 is 10.6 Å². The van der Waals surface area contributed by atoms with Gasteiger partial charge in [-0.2, -0.15) is 0 Å². The Morgan fingerprint density at radius 1 is 0.727 bits per heavy atom. The van der Waals surface area contributed by atoms with Crippen LogP contribution in [0, 0.1) is 0 Å². The molecule has 0 bridgehead atoms. The van der Waals surface area contributed by atoms with Crippen molar-refractivity contribution in [3.05, 3.63) is 0 Å². The third-order valence-electron chi connectivity index (χ3n) is 2.26. The summed E-state index contributed by atoms with van der Waals surface area (Å²) in [5.41, 5.74) is 1.66. The Morgan fingerprint density at radius 2 is 1.09 bits per heavy atom. The molecule has 8 heteroatoms. The van der Waals surface area contributed by atoms with Gasteiger partial charge in [-0.3, -0.25) is 0 Å². The van der Waals surface area contributed by atoms with Crippen LogP contribution in [0.1, 0.15) is 53.4 Å². The van der Waals surface area contributed by atoms with Crippen molar-refractivity contribution >= 4 is 46.2 Å². The van der Waals surface area contributed by atoms with Gasteiger partial charge in [-0.05, 0) is 65.0 Å². The van der Waals surface area contributed by atoms with Crippen LogP contribution in [0.3, 0.4) is 0 Å². The molecule has 2 N–H and O–H groups in total. The molecule has 0 unspecified atom stereocenters. The summed E-state index contributed by atoms with van der Waals surface area (Å²) >= 11 is 9.95. The molecule has 0 aliphatic carbocycles. The SMILES string of the molecule is CC(C)=NOC(=S)NCCCCCCNC(=S)ON=C(C)C. The van der Waals surface area contributed by atoms with Gasteiger partial charge in [-0.1, -0.05) is 23.2 Å². The molecule has 0 radical (unpaired) electrons. The van der Waals surface area contributed by atoms with Gasteiger partial charge in [0.2, 0.25) is 0 Å². The van der Waals surface area contributed by atoms with Gasteiger partial charge >= 0.3 is 0 Å². The molecule has 126 valence electrons. The van der Waals surface area contributed by atoms with Crippen molar-refractivity contribution in [1.29, 1.82) is 0 Å². The smallest absolute Gasteiger partial charge is 0.289 e. The Morgan fingerprint density at radius 3 is 1.41 bits per heavy atom. The third kappa shape index (κ3) is 15.1. The highest BCUT2D eigenvalue weighted by Gasteiger charge is 1.97. The zero-order valence-electron chi connectivity index (χ0n) is 13.8. The van der Waals surface area contributed by atoms with Gasteiger partial charge in [0, 0.05) is 13.1 Å². The molecule has 0 aliphatic heterocycles. The molecule has 6 nitrogen and oxygen atoms in total. The monoisotopic (exact) mass is 346 g/mol. The van der Waals surface area contributed by atoms with Gasteiger partial charge in [-0.15, -0.1) is 0 Å². The van der Waals surface area contributed by atoms with Crippen LogP contribution in [0.5, 0.6) is 0 Å². The first kappa shape index (κ1) is 20.7. The van der Waals surface area contributed by atoms with E-state index in [1.165, 1.54) is 0 Å². The lowest BCUT2D eigenvalue weighted by Crippen LogP contribution is -2.24. The summed E-state index contributed by atoms with van der Waals surface area (Å²) in [7, 11) is 0. The fraction of sp³-hybridized carbons (Fsp3) is 0.714. The van der Waals surface area contributed by atoms with Crippen LogP contribution in [-0.2, 0) is 9.68 Å². The maximum absolute atomic E-state index is 4.97. The van der Waals surface area contributed by atoms with Crippen LogP contribution in [0.2, 0.25) is 0 Å². The van der Waals surface area contributed by atoms with Crippen LogP contribution in [0.4, 0.5) is 0 Å². The van der Waals surface area contributed by atoms with Crippen molar-refractivity contribution in [3.8, 4) is 0 Å². The summed E-state index contributed by atoms with van der Waals surface area (Å²) in [5.74, 6) is 0. The van der Waals surface area contributed by atoms with Crippen LogP contribution in [-0.4, -0.2) is 34.9 Å². The summed E-state index contributed by atoms with van der Waals surface area (Å²) in [6, 6.07) is 0. The summed E-state index contributed by atoms with van der Waals surface area (Å²) in [4.78, 5) is 9.95. The number of nitrogens with zero attached hydrogens (tertiary/aromatic N) is 2. The molecule has 0 amide bonds. The van der Waals surface area contributed by atoms with Crippen LogP contribution in [0.15, 0.2) is 10.3 Å². The van der Waals surface area contributed by atoms with Gasteiger partial charge in [0.1, 0.15) is 0 Å². The second-order valence-corrected chi connectivity index (χ2v) is 5.84.